The number of benzene rings is 1. The van der Waals surface area contributed by atoms with E-state index in [1.54, 1.807) is 38.2 Å². The number of anilines is 2. The number of hydrogen-bond acceptors (Lipinski definition) is 6. The molecule has 0 radical (unpaired) electrons. The van der Waals surface area contributed by atoms with Crippen LogP contribution in [0.5, 0.6) is 0 Å². The molecule has 3 saturated carbocycles. The number of nitrogens with zero attached hydrogens (tertiary/aromatic N) is 4. The van der Waals surface area contributed by atoms with Gasteiger partial charge >= 0.3 is 6.09 Å². The molecule has 2 heterocycles. The molecule has 3 fully saturated rings. The Labute approximate surface area is 193 Å². The molecular weight excluding hydrogens is 446 g/mol. The predicted octanol–water partition coefficient (Wildman–Crippen LogP) is 4.16. The van der Waals surface area contributed by atoms with Gasteiger partial charge in [-0.2, -0.15) is 0 Å². The zero-order chi connectivity index (χ0) is 24.1. The summed E-state index contributed by atoms with van der Waals surface area (Å²) < 4.78 is 34.3. The van der Waals surface area contributed by atoms with Crippen LogP contribution >= 0.6 is 0 Å². The number of hydrogen-bond donors (Lipinski definition) is 2. The Morgan fingerprint density at radius 3 is 2.53 bits per heavy atom. The van der Waals surface area contributed by atoms with E-state index in [2.05, 4.69) is 25.9 Å². The largest absolute Gasteiger partial charge is 0.441 e. The van der Waals surface area contributed by atoms with E-state index >= 15 is 0 Å². The van der Waals surface area contributed by atoms with Crippen LogP contribution in [-0.4, -0.2) is 37.6 Å². The van der Waals surface area contributed by atoms with Gasteiger partial charge in [-0.1, -0.05) is 23.4 Å². The number of carbonyl (C=O) groups excluding carboxylic acids is 2. The summed E-state index contributed by atoms with van der Waals surface area (Å²) in [5, 5.41) is 13.3. The minimum Gasteiger partial charge on any atom is -0.441 e. The van der Waals surface area contributed by atoms with Gasteiger partial charge in [-0.05, 0) is 44.4 Å². The van der Waals surface area contributed by atoms with E-state index in [9.17, 15) is 18.4 Å². The van der Waals surface area contributed by atoms with Gasteiger partial charge < -0.3 is 10.1 Å². The van der Waals surface area contributed by atoms with Crippen LogP contribution in [0.15, 0.2) is 42.6 Å². The van der Waals surface area contributed by atoms with E-state index in [1.165, 1.54) is 23.0 Å². The van der Waals surface area contributed by atoms with Crippen molar-refractivity contribution in [1.82, 2.24) is 20.0 Å². The molecule has 2 amide bonds. The fraction of sp³-hybridized carbons (Fsp3) is 0.348. The van der Waals surface area contributed by atoms with Crippen molar-refractivity contribution in [3.8, 4) is 11.4 Å². The molecule has 3 aliphatic rings. The molecule has 2 N–H and O–H groups in total. The van der Waals surface area contributed by atoms with Gasteiger partial charge in [-0.25, -0.2) is 18.3 Å². The Morgan fingerprint density at radius 2 is 1.88 bits per heavy atom. The van der Waals surface area contributed by atoms with Gasteiger partial charge in [0.15, 0.2) is 11.5 Å². The van der Waals surface area contributed by atoms with Crippen molar-refractivity contribution < 1.29 is 23.1 Å². The Balaban J connectivity index is 1.25. The maximum absolute atomic E-state index is 14.0. The van der Waals surface area contributed by atoms with E-state index < -0.39 is 29.1 Å². The highest BCUT2D eigenvalue weighted by Gasteiger charge is 2.72. The topological polar surface area (TPSA) is 111 Å². The minimum absolute atomic E-state index is 0.199. The molecule has 0 saturated heterocycles. The predicted molar refractivity (Wildman–Crippen MR) is 118 cm³/mol. The third kappa shape index (κ3) is 3.76. The molecule has 0 unspecified atom stereocenters. The number of pyridine rings is 1. The van der Waals surface area contributed by atoms with Gasteiger partial charge in [0.2, 0.25) is 5.91 Å². The van der Waals surface area contributed by atoms with Crippen molar-refractivity contribution in [2.45, 2.75) is 38.0 Å². The van der Waals surface area contributed by atoms with Gasteiger partial charge in [0.25, 0.3) is 0 Å². The Bertz CT molecular complexity index is 1260. The SMILES string of the molecule is C[C@@H](OC(=O)Nc1c(-c2ccc(NC(=O)C34CC(F)(C3)C4)cn2)nnn1C)c1ccccc1F. The highest BCUT2D eigenvalue weighted by molar-refractivity contribution is 5.98. The average molecular weight is 468 g/mol. The van der Waals surface area contributed by atoms with Crippen molar-refractivity contribution in [3.63, 3.8) is 0 Å². The highest BCUT2D eigenvalue weighted by Crippen LogP contribution is 2.69. The van der Waals surface area contributed by atoms with Crippen LogP contribution in [0.2, 0.25) is 0 Å². The quantitative estimate of drug-likeness (QED) is 0.562. The van der Waals surface area contributed by atoms with Crippen LogP contribution in [0.1, 0.15) is 37.9 Å². The maximum Gasteiger partial charge on any atom is 0.413 e. The maximum atomic E-state index is 14.0. The van der Waals surface area contributed by atoms with Crippen molar-refractivity contribution in [2.75, 3.05) is 10.6 Å². The number of carbonyl (C=O) groups is 2. The van der Waals surface area contributed by atoms with Crippen LogP contribution in [0.3, 0.4) is 0 Å². The molecule has 176 valence electrons. The van der Waals surface area contributed by atoms with Crippen LogP contribution < -0.4 is 10.6 Å². The summed E-state index contributed by atoms with van der Waals surface area (Å²) in [5.74, 6) is -0.437. The van der Waals surface area contributed by atoms with Crippen molar-refractivity contribution in [2.24, 2.45) is 12.5 Å². The highest BCUT2D eigenvalue weighted by atomic mass is 19.1. The Hall–Kier alpha value is -3.89. The summed E-state index contributed by atoms with van der Waals surface area (Å²) in [4.78, 5) is 29.2. The molecule has 34 heavy (non-hydrogen) atoms. The lowest BCUT2D eigenvalue weighted by Crippen LogP contribution is -2.68. The Morgan fingerprint density at radius 1 is 1.15 bits per heavy atom. The summed E-state index contributed by atoms with van der Waals surface area (Å²) in [7, 11) is 1.59. The second-order valence-electron chi connectivity index (χ2n) is 8.95. The van der Waals surface area contributed by atoms with Crippen LogP contribution in [0, 0.1) is 11.2 Å². The number of halogens is 2. The minimum atomic E-state index is -1.15. The summed E-state index contributed by atoms with van der Waals surface area (Å²) in [6, 6.07) is 9.31. The molecule has 0 aliphatic heterocycles. The third-order valence-corrected chi connectivity index (χ3v) is 6.39. The van der Waals surface area contributed by atoms with Gasteiger partial charge in [0.05, 0.1) is 23.0 Å². The molecule has 3 aromatic rings. The molecule has 2 bridgehead atoms. The van der Waals surface area contributed by atoms with E-state index in [4.69, 9.17) is 4.74 Å². The summed E-state index contributed by atoms with van der Waals surface area (Å²) in [6.07, 6.45) is 0.656. The number of alkyl halides is 1. The lowest BCUT2D eigenvalue weighted by Gasteiger charge is -2.64. The van der Waals surface area contributed by atoms with Gasteiger partial charge in [0.1, 0.15) is 17.6 Å². The Kier molecular flexibility index (Phi) is 5.07. The molecule has 6 rings (SSSR count). The van der Waals surface area contributed by atoms with Gasteiger partial charge in [-0.3, -0.25) is 15.1 Å². The first-order chi connectivity index (χ1) is 16.2. The number of aromatic nitrogens is 4. The fourth-order valence-electron chi connectivity index (χ4n) is 4.60. The number of aryl methyl sites for hydroxylation is 1. The zero-order valence-electron chi connectivity index (χ0n) is 18.5. The molecule has 11 heteroatoms. The molecule has 9 nitrogen and oxygen atoms in total. The second-order valence-corrected chi connectivity index (χ2v) is 8.95. The average Bonchev–Trinajstić information content (AvgIpc) is 3.11. The molecular formula is C23H22F2N6O3. The molecule has 1 aromatic carbocycles. The normalized spacial score (nSPS) is 23.3. The number of amides is 2. The lowest BCUT2D eigenvalue weighted by molar-refractivity contribution is -0.209. The first-order valence-electron chi connectivity index (χ1n) is 10.8. The molecule has 1 atom stereocenters. The summed E-state index contributed by atoms with van der Waals surface area (Å²) in [5.41, 5.74) is -0.325. The van der Waals surface area contributed by atoms with E-state index in [1.807, 2.05) is 0 Å². The van der Waals surface area contributed by atoms with Crippen LogP contribution in [0.4, 0.5) is 25.1 Å². The first-order valence-corrected chi connectivity index (χ1v) is 10.8. The van der Waals surface area contributed by atoms with E-state index in [0.717, 1.165) is 0 Å². The fourth-order valence-corrected chi connectivity index (χ4v) is 4.60. The molecule has 2 aromatic heterocycles. The number of rotatable bonds is 6. The summed E-state index contributed by atoms with van der Waals surface area (Å²) in [6.45, 7) is 1.56. The zero-order valence-corrected chi connectivity index (χ0v) is 18.5. The van der Waals surface area contributed by atoms with Gasteiger partial charge in [-0.15, -0.1) is 5.10 Å². The smallest absolute Gasteiger partial charge is 0.413 e. The molecule has 0 spiro atoms. The lowest BCUT2D eigenvalue weighted by atomic mass is 9.42. The second kappa shape index (κ2) is 7.86. The van der Waals surface area contributed by atoms with Crippen molar-refractivity contribution in [3.05, 3.63) is 54.0 Å². The first kappa shape index (κ1) is 21.9. The van der Waals surface area contributed by atoms with E-state index in [-0.39, 0.29) is 42.2 Å². The van der Waals surface area contributed by atoms with Crippen LogP contribution in [0.25, 0.3) is 11.4 Å². The monoisotopic (exact) mass is 468 g/mol. The van der Waals surface area contributed by atoms with Crippen molar-refractivity contribution >= 4 is 23.5 Å². The van der Waals surface area contributed by atoms with Crippen molar-refractivity contribution in [1.29, 1.82) is 0 Å². The third-order valence-electron chi connectivity index (χ3n) is 6.39. The van der Waals surface area contributed by atoms with Gasteiger partial charge in [0, 0.05) is 12.6 Å². The van der Waals surface area contributed by atoms with Crippen LogP contribution in [-0.2, 0) is 16.6 Å². The number of ether oxygens (including phenoxy) is 1. The summed E-state index contributed by atoms with van der Waals surface area (Å²) >= 11 is 0. The number of nitrogens with one attached hydrogen (secondary N) is 2. The van der Waals surface area contributed by atoms with E-state index in [0.29, 0.717) is 11.4 Å². The molecule has 3 aliphatic carbocycles. The standard InChI is InChI=1S/C23H22F2N6O3/c1-13(15-5-3-4-6-16(15)24)34-21(33)28-19-18(29-30-31(19)2)17-8-7-14(9-26-17)27-20(32)22-10-23(25,11-22)12-22/h3-9,13H,10-12H2,1-2H3,(H,27,32)(H,28,33)/t13-,22?,23?/m1/s1.